The maximum absolute atomic E-state index is 13.3. The lowest BCUT2D eigenvalue weighted by Gasteiger charge is -2.32. The molecular weight excluding hydrogens is 405 g/mol. The molecular formula is C19H21F3N4O2S. The maximum atomic E-state index is 13.3. The molecule has 0 saturated carbocycles. The number of nitrogens with zero attached hydrogens (tertiary/aromatic N) is 4. The summed E-state index contributed by atoms with van der Waals surface area (Å²) < 4.78 is 45.0. The van der Waals surface area contributed by atoms with E-state index in [0.29, 0.717) is 24.4 Å². The minimum absolute atomic E-state index is 0.00687. The number of amides is 1. The predicted octanol–water partition coefficient (Wildman–Crippen LogP) is 3.04. The summed E-state index contributed by atoms with van der Waals surface area (Å²) in [5.74, 6) is 0.453. The number of hydrogen-bond acceptors (Lipinski definition) is 6. The third kappa shape index (κ3) is 5.60. The lowest BCUT2D eigenvalue weighted by atomic mass is 10.1. The largest absolute Gasteiger partial charge is 0.497 e. The van der Waals surface area contributed by atoms with Gasteiger partial charge in [0.05, 0.1) is 18.6 Å². The fourth-order valence-electron chi connectivity index (χ4n) is 2.82. The van der Waals surface area contributed by atoms with Gasteiger partial charge in [-0.2, -0.15) is 13.2 Å². The van der Waals surface area contributed by atoms with E-state index in [9.17, 15) is 18.0 Å². The topological polar surface area (TPSA) is 58.6 Å². The van der Waals surface area contributed by atoms with Crippen LogP contribution in [0.1, 0.15) is 5.69 Å². The molecule has 1 fully saturated rings. The quantitative estimate of drug-likeness (QED) is 0.541. The number of halogens is 3. The molecule has 2 aromatic rings. The molecule has 10 heteroatoms. The molecule has 2 heterocycles. The van der Waals surface area contributed by atoms with Gasteiger partial charge in [0.1, 0.15) is 11.4 Å². The van der Waals surface area contributed by atoms with Crippen molar-refractivity contribution in [3.63, 3.8) is 0 Å². The van der Waals surface area contributed by atoms with Crippen LogP contribution in [-0.4, -0.2) is 71.8 Å². The normalized spacial score (nSPS) is 15.4. The maximum Gasteiger partial charge on any atom is 0.433 e. The zero-order valence-corrected chi connectivity index (χ0v) is 16.9. The highest BCUT2D eigenvalue weighted by atomic mass is 32.2. The van der Waals surface area contributed by atoms with Crippen molar-refractivity contribution >= 4 is 17.7 Å². The van der Waals surface area contributed by atoms with Crippen molar-refractivity contribution in [2.45, 2.75) is 11.3 Å². The summed E-state index contributed by atoms with van der Waals surface area (Å²) in [5.41, 5.74) is -0.386. The minimum atomic E-state index is -4.61. The van der Waals surface area contributed by atoms with E-state index < -0.39 is 11.9 Å². The number of rotatable bonds is 5. The lowest BCUT2D eigenvalue weighted by molar-refractivity contribution is -0.141. The summed E-state index contributed by atoms with van der Waals surface area (Å²) in [5, 5.41) is -0.0758. The molecule has 3 rings (SSSR count). The second-order valence-corrected chi connectivity index (χ2v) is 7.56. The highest BCUT2D eigenvalue weighted by Crippen LogP contribution is 2.32. The highest BCUT2D eigenvalue weighted by molar-refractivity contribution is 7.99. The molecule has 0 aliphatic carbocycles. The van der Waals surface area contributed by atoms with Crippen LogP contribution in [0.2, 0.25) is 0 Å². The van der Waals surface area contributed by atoms with Crippen molar-refractivity contribution in [3.8, 4) is 17.0 Å². The number of carbonyl (C=O) groups excluding carboxylic acids is 1. The number of hydrogen-bond donors (Lipinski definition) is 0. The Balaban J connectivity index is 1.79. The zero-order chi connectivity index (χ0) is 21.0. The molecule has 1 aromatic heterocycles. The summed E-state index contributed by atoms with van der Waals surface area (Å²) in [6, 6.07) is 7.47. The van der Waals surface area contributed by atoms with Gasteiger partial charge in [0.15, 0.2) is 5.16 Å². The molecule has 29 heavy (non-hydrogen) atoms. The molecule has 6 nitrogen and oxygen atoms in total. The molecule has 1 saturated heterocycles. The average Bonchev–Trinajstić information content (AvgIpc) is 2.71. The number of benzene rings is 1. The highest BCUT2D eigenvalue weighted by Gasteiger charge is 2.34. The molecule has 0 bridgehead atoms. The lowest BCUT2D eigenvalue weighted by Crippen LogP contribution is -2.47. The van der Waals surface area contributed by atoms with Crippen molar-refractivity contribution in [3.05, 3.63) is 36.0 Å². The summed E-state index contributed by atoms with van der Waals surface area (Å²) in [6.45, 7) is 2.77. The first-order chi connectivity index (χ1) is 13.8. The fourth-order valence-corrected chi connectivity index (χ4v) is 3.58. The van der Waals surface area contributed by atoms with Crippen LogP contribution < -0.4 is 4.74 Å². The first-order valence-corrected chi connectivity index (χ1v) is 9.94. The molecule has 1 amide bonds. The first-order valence-electron chi connectivity index (χ1n) is 8.96. The Morgan fingerprint density at radius 1 is 1.14 bits per heavy atom. The van der Waals surface area contributed by atoms with Gasteiger partial charge in [0, 0.05) is 31.7 Å². The number of carbonyl (C=O) groups is 1. The summed E-state index contributed by atoms with van der Waals surface area (Å²) in [4.78, 5) is 24.1. The zero-order valence-electron chi connectivity index (χ0n) is 16.1. The van der Waals surface area contributed by atoms with Crippen LogP contribution in [0.4, 0.5) is 13.2 Å². The van der Waals surface area contributed by atoms with Gasteiger partial charge >= 0.3 is 6.18 Å². The monoisotopic (exact) mass is 426 g/mol. The van der Waals surface area contributed by atoms with Gasteiger partial charge in [-0.25, -0.2) is 9.97 Å². The van der Waals surface area contributed by atoms with Gasteiger partial charge in [-0.05, 0) is 37.4 Å². The minimum Gasteiger partial charge on any atom is -0.497 e. The Kier molecular flexibility index (Phi) is 6.63. The molecule has 0 atom stereocenters. The van der Waals surface area contributed by atoms with Crippen LogP contribution in [0.3, 0.4) is 0 Å². The number of methoxy groups -OCH3 is 1. The Morgan fingerprint density at radius 3 is 2.38 bits per heavy atom. The van der Waals surface area contributed by atoms with E-state index >= 15 is 0 Å². The molecule has 1 aliphatic rings. The first kappa shape index (κ1) is 21.4. The average molecular weight is 426 g/mol. The number of piperazine rings is 1. The van der Waals surface area contributed by atoms with Gasteiger partial charge < -0.3 is 14.5 Å². The molecule has 156 valence electrons. The van der Waals surface area contributed by atoms with Crippen LogP contribution >= 0.6 is 11.8 Å². The Labute approximate surface area is 171 Å². The van der Waals surface area contributed by atoms with E-state index in [2.05, 4.69) is 14.9 Å². The third-order valence-electron chi connectivity index (χ3n) is 4.56. The van der Waals surface area contributed by atoms with E-state index in [1.807, 2.05) is 7.05 Å². The molecule has 0 unspecified atom stereocenters. The van der Waals surface area contributed by atoms with E-state index in [1.165, 1.54) is 7.11 Å². The molecule has 0 radical (unpaired) electrons. The van der Waals surface area contributed by atoms with E-state index in [4.69, 9.17) is 4.74 Å². The Hall–Kier alpha value is -2.33. The third-order valence-corrected chi connectivity index (χ3v) is 5.39. The number of thioether (sulfide) groups is 1. The summed E-state index contributed by atoms with van der Waals surface area (Å²) in [6.07, 6.45) is -4.61. The van der Waals surface area contributed by atoms with Crippen LogP contribution in [0.15, 0.2) is 35.5 Å². The van der Waals surface area contributed by atoms with Crippen molar-refractivity contribution in [2.24, 2.45) is 0 Å². The van der Waals surface area contributed by atoms with Gasteiger partial charge in [-0.1, -0.05) is 11.8 Å². The second kappa shape index (κ2) is 9.00. The van der Waals surface area contributed by atoms with Gasteiger partial charge in [0.25, 0.3) is 0 Å². The fraction of sp³-hybridized carbons (Fsp3) is 0.421. The predicted molar refractivity (Wildman–Crippen MR) is 104 cm³/mol. The molecule has 0 N–H and O–H groups in total. The van der Waals surface area contributed by atoms with Crippen molar-refractivity contribution in [2.75, 3.05) is 46.1 Å². The van der Waals surface area contributed by atoms with Crippen LogP contribution in [-0.2, 0) is 11.0 Å². The SMILES string of the molecule is COc1ccc(-c2cc(C(F)(F)F)nc(SCC(=O)N3CCN(C)CC3)n2)cc1. The molecule has 1 aliphatic heterocycles. The Bertz CT molecular complexity index is 854. The van der Waals surface area contributed by atoms with Crippen molar-refractivity contribution in [1.29, 1.82) is 0 Å². The van der Waals surface area contributed by atoms with Crippen LogP contribution in [0.5, 0.6) is 5.75 Å². The van der Waals surface area contributed by atoms with E-state index in [0.717, 1.165) is 30.9 Å². The number of aromatic nitrogens is 2. The molecule has 0 spiro atoms. The second-order valence-electron chi connectivity index (χ2n) is 6.62. The smallest absolute Gasteiger partial charge is 0.433 e. The van der Waals surface area contributed by atoms with Gasteiger partial charge in [-0.15, -0.1) is 0 Å². The van der Waals surface area contributed by atoms with E-state index in [1.54, 1.807) is 29.2 Å². The van der Waals surface area contributed by atoms with Crippen LogP contribution in [0, 0.1) is 0 Å². The summed E-state index contributed by atoms with van der Waals surface area (Å²) in [7, 11) is 3.49. The molecule has 1 aromatic carbocycles. The number of alkyl halides is 3. The summed E-state index contributed by atoms with van der Waals surface area (Å²) >= 11 is 0.918. The van der Waals surface area contributed by atoms with Crippen molar-refractivity contribution in [1.82, 2.24) is 19.8 Å². The standard InChI is InChI=1S/C19H21F3N4O2S/c1-25-7-9-26(10-8-25)17(27)12-29-18-23-15(11-16(24-18)19(20,21)22)13-3-5-14(28-2)6-4-13/h3-6,11H,7-10,12H2,1-2H3. The van der Waals surface area contributed by atoms with Crippen LogP contribution in [0.25, 0.3) is 11.3 Å². The van der Waals surface area contributed by atoms with Gasteiger partial charge in [0.2, 0.25) is 5.91 Å². The van der Waals surface area contributed by atoms with Gasteiger partial charge in [-0.3, -0.25) is 4.79 Å². The Morgan fingerprint density at radius 2 is 1.79 bits per heavy atom. The number of likely N-dealkylation sites (N-methyl/N-ethyl adjacent to an activating group) is 1. The van der Waals surface area contributed by atoms with E-state index in [-0.39, 0.29) is 22.5 Å². The number of ether oxygens (including phenoxy) is 1. The van der Waals surface area contributed by atoms with Crippen molar-refractivity contribution < 1.29 is 22.7 Å².